The highest BCUT2D eigenvalue weighted by Gasteiger charge is 2.27. The number of aromatic nitrogens is 2. The predicted octanol–water partition coefficient (Wildman–Crippen LogP) is 5.93. The zero-order valence-electron chi connectivity index (χ0n) is 22.4. The van der Waals surface area contributed by atoms with Crippen molar-refractivity contribution in [2.24, 2.45) is 10.2 Å². The second-order valence-corrected chi connectivity index (χ2v) is 9.52. The van der Waals surface area contributed by atoms with Crippen LogP contribution in [0.1, 0.15) is 29.2 Å². The normalized spacial score (nSPS) is 12.0. The van der Waals surface area contributed by atoms with Gasteiger partial charge in [0.1, 0.15) is 11.5 Å². The van der Waals surface area contributed by atoms with Crippen molar-refractivity contribution in [1.29, 1.82) is 0 Å². The summed E-state index contributed by atoms with van der Waals surface area (Å²) in [6.45, 7) is 3.12. The molecule has 0 radical (unpaired) electrons. The molecule has 0 saturated carbocycles. The summed E-state index contributed by atoms with van der Waals surface area (Å²) in [6.07, 6.45) is 1.52. The Morgan fingerprint density at radius 1 is 1.00 bits per heavy atom. The van der Waals surface area contributed by atoms with Crippen LogP contribution in [-0.2, 0) is 0 Å². The lowest BCUT2D eigenvalue weighted by atomic mass is 10.0. The molecule has 0 atom stereocenters. The van der Waals surface area contributed by atoms with Gasteiger partial charge in [-0.3, -0.25) is 14.9 Å². The van der Waals surface area contributed by atoms with Crippen molar-refractivity contribution in [2.45, 2.75) is 13.8 Å². The quantitative estimate of drug-likeness (QED) is 0.0914. The van der Waals surface area contributed by atoms with Crippen LogP contribution in [0.3, 0.4) is 0 Å². The van der Waals surface area contributed by atoms with Crippen molar-refractivity contribution in [2.75, 3.05) is 14.2 Å². The standard InChI is InChI=1S/C28H23N5O7S/c1-16(29-30-28-32(31-27(41-28)17(2)34)18-10-12-19(13-11-18)33(35)36)22-23(37-3)21-14-15-39-24(21)26(38-4)25(22)40-20-8-6-5-7-9-20/h5-15H,1-4H3/b29-16+,30-28?. The first-order chi connectivity index (χ1) is 19.8. The summed E-state index contributed by atoms with van der Waals surface area (Å²) in [6, 6.07) is 16.6. The Balaban J connectivity index is 1.70. The third kappa shape index (κ3) is 5.30. The third-order valence-corrected chi connectivity index (χ3v) is 6.96. The summed E-state index contributed by atoms with van der Waals surface area (Å²) in [5.41, 5.74) is 1.71. The van der Waals surface area contributed by atoms with Gasteiger partial charge in [-0.15, -0.1) is 5.10 Å². The Bertz CT molecular complexity index is 1850. The van der Waals surface area contributed by atoms with E-state index in [0.717, 1.165) is 11.3 Å². The number of non-ortho nitro benzene ring substituents is 1. The van der Waals surface area contributed by atoms with Crippen LogP contribution in [0.4, 0.5) is 5.69 Å². The molecule has 208 valence electrons. The monoisotopic (exact) mass is 573 g/mol. The molecule has 3 aromatic carbocycles. The lowest BCUT2D eigenvalue weighted by Gasteiger charge is -2.18. The molecular weight excluding hydrogens is 550 g/mol. The fraction of sp³-hybridized carbons (Fsp3) is 0.143. The molecule has 5 aromatic rings. The number of carbonyl (C=O) groups excluding carboxylic acids is 1. The molecule has 0 aliphatic carbocycles. The summed E-state index contributed by atoms with van der Waals surface area (Å²) < 4.78 is 24.9. The van der Waals surface area contributed by atoms with Gasteiger partial charge in [0.15, 0.2) is 22.1 Å². The maximum absolute atomic E-state index is 12.1. The Kier molecular flexibility index (Phi) is 7.61. The number of rotatable bonds is 9. The molecule has 2 aromatic heterocycles. The first kappa shape index (κ1) is 27.3. The number of hydrogen-bond acceptors (Lipinski definition) is 11. The minimum atomic E-state index is -0.497. The summed E-state index contributed by atoms with van der Waals surface area (Å²) in [4.78, 5) is 23.0. The molecule has 0 fully saturated rings. The maximum atomic E-state index is 12.1. The summed E-state index contributed by atoms with van der Waals surface area (Å²) in [5, 5.41) is 25.2. The Morgan fingerprint density at radius 3 is 2.34 bits per heavy atom. The van der Waals surface area contributed by atoms with Crippen molar-refractivity contribution < 1.29 is 28.3 Å². The van der Waals surface area contributed by atoms with E-state index in [1.807, 2.05) is 18.2 Å². The summed E-state index contributed by atoms with van der Waals surface area (Å²) in [7, 11) is 3.04. The highest BCUT2D eigenvalue weighted by Crippen LogP contribution is 2.48. The van der Waals surface area contributed by atoms with Crippen LogP contribution in [0.5, 0.6) is 23.0 Å². The van der Waals surface area contributed by atoms with E-state index in [0.29, 0.717) is 50.9 Å². The first-order valence-corrected chi connectivity index (χ1v) is 13.0. The molecular formula is C28H23N5O7S. The zero-order chi connectivity index (χ0) is 29.1. The fourth-order valence-corrected chi connectivity index (χ4v) is 4.84. The average Bonchev–Trinajstić information content (AvgIpc) is 3.64. The molecule has 0 aliphatic rings. The van der Waals surface area contributed by atoms with Gasteiger partial charge in [0.05, 0.1) is 47.8 Å². The van der Waals surface area contributed by atoms with Gasteiger partial charge < -0.3 is 18.6 Å². The van der Waals surface area contributed by atoms with Crippen LogP contribution in [0.2, 0.25) is 0 Å². The van der Waals surface area contributed by atoms with Crippen LogP contribution in [0.15, 0.2) is 81.5 Å². The van der Waals surface area contributed by atoms with E-state index < -0.39 is 4.92 Å². The largest absolute Gasteiger partial charge is 0.495 e. The lowest BCUT2D eigenvalue weighted by Crippen LogP contribution is -2.14. The molecule has 5 rings (SSSR count). The van der Waals surface area contributed by atoms with Gasteiger partial charge >= 0.3 is 0 Å². The molecule has 0 aliphatic heterocycles. The van der Waals surface area contributed by atoms with Crippen LogP contribution in [0, 0.1) is 10.1 Å². The minimum absolute atomic E-state index is 0.0784. The van der Waals surface area contributed by atoms with Gasteiger partial charge in [-0.25, -0.2) is 4.68 Å². The number of hydrogen-bond donors (Lipinski definition) is 0. The topological polar surface area (TPSA) is 144 Å². The number of nitro groups is 1. The summed E-state index contributed by atoms with van der Waals surface area (Å²) >= 11 is 1.03. The highest BCUT2D eigenvalue weighted by atomic mass is 32.1. The average molecular weight is 574 g/mol. The van der Waals surface area contributed by atoms with Crippen molar-refractivity contribution in [3.8, 4) is 28.7 Å². The number of nitro benzene ring substituents is 1. The molecule has 41 heavy (non-hydrogen) atoms. The molecule has 13 heteroatoms. The number of fused-ring (bicyclic) bond motifs is 1. The van der Waals surface area contributed by atoms with E-state index >= 15 is 0 Å². The van der Waals surface area contributed by atoms with Gasteiger partial charge in [-0.05, 0) is 37.3 Å². The molecule has 12 nitrogen and oxygen atoms in total. The molecule has 0 saturated heterocycles. The molecule has 0 bridgehead atoms. The van der Waals surface area contributed by atoms with Crippen molar-refractivity contribution in [3.05, 3.63) is 92.4 Å². The number of nitrogens with zero attached hydrogens (tertiary/aromatic N) is 5. The number of ether oxygens (including phenoxy) is 3. The van der Waals surface area contributed by atoms with Crippen LogP contribution >= 0.6 is 11.3 Å². The fourth-order valence-electron chi connectivity index (χ4n) is 4.09. The minimum Gasteiger partial charge on any atom is -0.495 e. The van der Waals surface area contributed by atoms with E-state index in [2.05, 4.69) is 15.3 Å². The number of para-hydroxylation sites is 1. The van der Waals surface area contributed by atoms with Gasteiger partial charge in [-0.1, -0.05) is 29.5 Å². The number of methoxy groups -OCH3 is 2. The van der Waals surface area contributed by atoms with Crippen molar-refractivity contribution in [3.63, 3.8) is 0 Å². The number of benzene rings is 3. The Labute approximate surface area is 236 Å². The molecule has 0 spiro atoms. The van der Waals surface area contributed by atoms with Crippen LogP contribution < -0.4 is 19.0 Å². The van der Waals surface area contributed by atoms with E-state index in [4.69, 9.17) is 18.6 Å². The third-order valence-electron chi connectivity index (χ3n) is 5.96. The van der Waals surface area contributed by atoms with Gasteiger partial charge in [0.25, 0.3) is 5.69 Å². The molecule has 0 N–H and O–H groups in total. The highest BCUT2D eigenvalue weighted by molar-refractivity contribution is 7.10. The van der Waals surface area contributed by atoms with Crippen LogP contribution in [-0.4, -0.2) is 40.4 Å². The predicted molar refractivity (Wildman–Crippen MR) is 152 cm³/mol. The first-order valence-electron chi connectivity index (χ1n) is 12.1. The van der Waals surface area contributed by atoms with E-state index in [1.165, 1.54) is 56.4 Å². The Hall–Kier alpha value is -5.30. The van der Waals surface area contributed by atoms with Gasteiger partial charge in [0.2, 0.25) is 10.6 Å². The molecule has 0 amide bonds. The maximum Gasteiger partial charge on any atom is 0.269 e. The van der Waals surface area contributed by atoms with Crippen LogP contribution in [0.25, 0.3) is 16.7 Å². The van der Waals surface area contributed by atoms with E-state index in [-0.39, 0.29) is 21.3 Å². The summed E-state index contributed by atoms with van der Waals surface area (Å²) in [5.74, 6) is 1.38. The van der Waals surface area contributed by atoms with Gasteiger partial charge in [0, 0.05) is 19.1 Å². The number of furan rings is 1. The van der Waals surface area contributed by atoms with E-state index in [1.54, 1.807) is 25.1 Å². The van der Waals surface area contributed by atoms with Gasteiger partial charge in [-0.2, -0.15) is 10.2 Å². The zero-order valence-corrected chi connectivity index (χ0v) is 23.2. The second kappa shape index (κ2) is 11.4. The van der Waals surface area contributed by atoms with E-state index in [9.17, 15) is 14.9 Å². The molecule has 2 heterocycles. The number of carbonyl (C=O) groups is 1. The van der Waals surface area contributed by atoms with Crippen molar-refractivity contribution in [1.82, 2.24) is 9.78 Å². The van der Waals surface area contributed by atoms with Crippen molar-refractivity contribution >= 4 is 39.5 Å². The Morgan fingerprint density at radius 2 is 1.71 bits per heavy atom. The number of Topliss-reactive ketones (excluding diaryl/α,β-unsaturated/α-hetero) is 1. The SMILES string of the molecule is COc1c(/C(C)=N/N=c2sc(C(C)=O)nn2-c2ccc([N+](=O)[O-])cc2)c(Oc2ccccc2)c(OC)c2occc12. The smallest absolute Gasteiger partial charge is 0.269 e. The molecule has 0 unspecified atom stereocenters. The second-order valence-electron chi connectivity index (χ2n) is 8.57. The lowest BCUT2D eigenvalue weighted by molar-refractivity contribution is -0.384. The number of ketones is 1.